The number of carbonyl (C=O) groups is 1. The number of cyclic esters (lactones) is 1. The highest BCUT2D eigenvalue weighted by Gasteiger charge is 2.32. The van der Waals surface area contributed by atoms with E-state index < -0.39 is 10.2 Å². The van der Waals surface area contributed by atoms with E-state index in [0.29, 0.717) is 39.3 Å². The molecule has 0 spiro atoms. The van der Waals surface area contributed by atoms with Crippen LogP contribution in [-0.2, 0) is 14.9 Å². The van der Waals surface area contributed by atoms with E-state index in [0.717, 1.165) is 22.8 Å². The van der Waals surface area contributed by atoms with Gasteiger partial charge in [0.25, 0.3) is 10.2 Å². The van der Waals surface area contributed by atoms with Gasteiger partial charge in [-0.3, -0.25) is 4.90 Å². The summed E-state index contributed by atoms with van der Waals surface area (Å²) in [5.41, 5.74) is 1.73. The van der Waals surface area contributed by atoms with Gasteiger partial charge in [-0.05, 0) is 30.7 Å². The Morgan fingerprint density at radius 3 is 2.39 bits per heavy atom. The quantitative estimate of drug-likeness (QED) is 0.642. The fraction of sp³-hybridized carbons (Fsp3) is 0.529. The molecule has 1 aromatic carbocycles. The van der Waals surface area contributed by atoms with E-state index in [2.05, 4.69) is 10.2 Å². The maximum Gasteiger partial charge on any atom is 0.414 e. The number of piperazine rings is 1. The summed E-state index contributed by atoms with van der Waals surface area (Å²) in [6.45, 7) is 4.77. The molecule has 1 aromatic rings. The van der Waals surface area contributed by atoms with E-state index in [4.69, 9.17) is 22.1 Å². The van der Waals surface area contributed by atoms with Crippen molar-refractivity contribution in [3.05, 3.63) is 24.3 Å². The summed E-state index contributed by atoms with van der Waals surface area (Å²) in [7, 11) is -3.64. The predicted molar refractivity (Wildman–Crippen MR) is 112 cm³/mol. The molecule has 1 amide bonds. The molecule has 0 aliphatic carbocycles. The number of ether oxygens (including phenoxy) is 1. The molecule has 2 fully saturated rings. The lowest BCUT2D eigenvalue weighted by Gasteiger charge is -2.34. The maximum absolute atomic E-state index is 12.2. The Bertz CT molecular complexity index is 822. The van der Waals surface area contributed by atoms with Gasteiger partial charge in [0.1, 0.15) is 6.10 Å². The highest BCUT2D eigenvalue weighted by Crippen LogP contribution is 2.25. The lowest BCUT2D eigenvalue weighted by molar-refractivity contribution is 0.143. The molecule has 2 saturated heterocycles. The first kappa shape index (κ1) is 20.8. The van der Waals surface area contributed by atoms with Crippen molar-refractivity contribution >= 4 is 44.9 Å². The van der Waals surface area contributed by atoms with E-state index in [1.54, 1.807) is 4.90 Å². The molecule has 9 nitrogen and oxygen atoms in total. The molecule has 0 aromatic heterocycles. The van der Waals surface area contributed by atoms with E-state index in [1.807, 2.05) is 31.2 Å². The van der Waals surface area contributed by atoms with Gasteiger partial charge in [0.2, 0.25) is 0 Å². The number of nitrogens with zero attached hydrogens (tertiary/aromatic N) is 3. The first-order chi connectivity index (χ1) is 13.3. The highest BCUT2D eigenvalue weighted by atomic mass is 32.2. The number of nitrogens with two attached hydrogens (primary N) is 1. The standard InChI is InChI=1S/C17H25N5O4S2/c1-2-16(27)19-11-15-12-22(17(23)26-15)14-5-3-13(4-6-14)20-7-9-21(10-8-20)28(18,24)25/h3-6,15H,2,7-12H2,1H3,(H,19,27)(H2,18,24,25)/t15-/m0/s1. The van der Waals surface area contributed by atoms with Crippen LogP contribution in [0.1, 0.15) is 13.3 Å². The summed E-state index contributed by atoms with van der Waals surface area (Å²) < 4.78 is 29.5. The van der Waals surface area contributed by atoms with Crippen molar-refractivity contribution in [1.29, 1.82) is 0 Å². The first-order valence-electron chi connectivity index (χ1n) is 9.15. The minimum atomic E-state index is -3.64. The van der Waals surface area contributed by atoms with E-state index in [-0.39, 0.29) is 12.2 Å². The van der Waals surface area contributed by atoms with Crippen molar-refractivity contribution in [2.45, 2.75) is 19.4 Å². The molecule has 1 atom stereocenters. The summed E-state index contributed by atoms with van der Waals surface area (Å²) in [6, 6.07) is 7.59. The topological polar surface area (TPSA) is 108 Å². The normalized spacial score (nSPS) is 20.9. The largest absolute Gasteiger partial charge is 0.442 e. The Balaban J connectivity index is 1.57. The molecule has 0 radical (unpaired) electrons. The van der Waals surface area contributed by atoms with Crippen molar-refractivity contribution < 1.29 is 17.9 Å². The minimum Gasteiger partial charge on any atom is -0.442 e. The molecule has 2 heterocycles. The third-order valence-electron chi connectivity index (χ3n) is 4.85. The van der Waals surface area contributed by atoms with Gasteiger partial charge in [-0.2, -0.15) is 12.7 Å². The molecule has 0 saturated carbocycles. The van der Waals surface area contributed by atoms with Gasteiger partial charge in [-0.15, -0.1) is 0 Å². The first-order valence-corrected chi connectivity index (χ1v) is 11.1. The van der Waals surface area contributed by atoms with E-state index in [9.17, 15) is 13.2 Å². The molecule has 0 unspecified atom stereocenters. The summed E-state index contributed by atoms with van der Waals surface area (Å²) >= 11 is 5.13. The molecule has 0 bridgehead atoms. The lowest BCUT2D eigenvalue weighted by atomic mass is 10.2. The summed E-state index contributed by atoms with van der Waals surface area (Å²) in [6.07, 6.45) is 0.138. The summed E-state index contributed by atoms with van der Waals surface area (Å²) in [4.78, 5) is 16.6. The van der Waals surface area contributed by atoms with Gasteiger partial charge < -0.3 is 15.0 Å². The number of benzene rings is 1. The number of hydrogen-bond donors (Lipinski definition) is 2. The maximum atomic E-state index is 12.2. The van der Waals surface area contributed by atoms with Crippen LogP contribution < -0.4 is 20.3 Å². The Labute approximate surface area is 170 Å². The third-order valence-corrected chi connectivity index (χ3v) is 6.37. The predicted octanol–water partition coefficient (Wildman–Crippen LogP) is 0.664. The zero-order valence-electron chi connectivity index (χ0n) is 15.7. The fourth-order valence-corrected chi connectivity index (χ4v) is 3.99. The minimum absolute atomic E-state index is 0.247. The van der Waals surface area contributed by atoms with Crippen molar-refractivity contribution in [3.8, 4) is 0 Å². The molecule has 11 heteroatoms. The number of anilines is 2. The molecular formula is C17H25N5O4S2. The van der Waals surface area contributed by atoms with Gasteiger partial charge in [-0.1, -0.05) is 19.1 Å². The summed E-state index contributed by atoms with van der Waals surface area (Å²) in [5.74, 6) is 0. The van der Waals surface area contributed by atoms with E-state index in [1.165, 1.54) is 4.31 Å². The van der Waals surface area contributed by atoms with Crippen LogP contribution in [-0.4, -0.2) is 69.2 Å². The molecule has 154 valence electrons. The number of rotatable bonds is 6. The second-order valence-corrected chi connectivity index (χ2v) is 8.76. The van der Waals surface area contributed by atoms with Crippen LogP contribution in [0.25, 0.3) is 0 Å². The Kier molecular flexibility index (Phi) is 6.38. The number of nitrogens with one attached hydrogen (secondary N) is 1. The second kappa shape index (κ2) is 8.60. The summed E-state index contributed by atoms with van der Waals surface area (Å²) in [5, 5.41) is 8.27. The number of thiocarbonyl (C=S) groups is 1. The van der Waals surface area contributed by atoms with Crippen LogP contribution in [0.4, 0.5) is 16.2 Å². The smallest absolute Gasteiger partial charge is 0.414 e. The average molecular weight is 428 g/mol. The molecule has 28 heavy (non-hydrogen) atoms. The van der Waals surface area contributed by atoms with Crippen LogP contribution in [0.3, 0.4) is 0 Å². The second-order valence-electron chi connectivity index (χ2n) is 6.72. The zero-order valence-corrected chi connectivity index (χ0v) is 17.3. The van der Waals surface area contributed by atoms with Crippen LogP contribution in [0.2, 0.25) is 0 Å². The van der Waals surface area contributed by atoms with Crippen molar-refractivity contribution in [3.63, 3.8) is 0 Å². The lowest BCUT2D eigenvalue weighted by Crippen LogP contribution is -2.50. The molecule has 3 N–H and O–H groups in total. The van der Waals surface area contributed by atoms with Crippen LogP contribution >= 0.6 is 12.2 Å². The van der Waals surface area contributed by atoms with Crippen LogP contribution in [0.15, 0.2) is 24.3 Å². The molecule has 2 aliphatic heterocycles. The molecule has 3 rings (SSSR count). The van der Waals surface area contributed by atoms with Crippen molar-refractivity contribution in [2.24, 2.45) is 5.14 Å². The van der Waals surface area contributed by atoms with Crippen LogP contribution in [0.5, 0.6) is 0 Å². The zero-order chi connectivity index (χ0) is 20.3. The monoisotopic (exact) mass is 427 g/mol. The number of amides is 1. The Morgan fingerprint density at radius 2 is 1.82 bits per heavy atom. The Hall–Kier alpha value is -1.95. The third kappa shape index (κ3) is 4.90. The van der Waals surface area contributed by atoms with Crippen LogP contribution in [0, 0.1) is 0 Å². The Morgan fingerprint density at radius 1 is 1.21 bits per heavy atom. The van der Waals surface area contributed by atoms with Gasteiger partial charge in [-0.25, -0.2) is 9.93 Å². The average Bonchev–Trinajstić information content (AvgIpc) is 3.06. The van der Waals surface area contributed by atoms with Gasteiger partial charge in [0.15, 0.2) is 0 Å². The molecule has 2 aliphatic rings. The SMILES string of the molecule is CCC(=S)NC[C@H]1CN(c2ccc(N3CCN(S(N)(=O)=O)CC3)cc2)C(=O)O1. The van der Waals surface area contributed by atoms with Gasteiger partial charge in [0.05, 0.1) is 18.1 Å². The highest BCUT2D eigenvalue weighted by molar-refractivity contribution is 7.86. The number of hydrogen-bond acceptors (Lipinski definition) is 6. The van der Waals surface area contributed by atoms with Crippen molar-refractivity contribution in [2.75, 3.05) is 49.1 Å². The van der Waals surface area contributed by atoms with Gasteiger partial charge in [0, 0.05) is 37.6 Å². The van der Waals surface area contributed by atoms with Crippen molar-refractivity contribution in [1.82, 2.24) is 9.62 Å². The number of carbonyl (C=O) groups excluding carboxylic acids is 1. The molecular weight excluding hydrogens is 402 g/mol. The van der Waals surface area contributed by atoms with E-state index >= 15 is 0 Å². The van der Waals surface area contributed by atoms with Gasteiger partial charge >= 0.3 is 6.09 Å². The fourth-order valence-electron chi connectivity index (χ4n) is 3.24.